The summed E-state index contributed by atoms with van der Waals surface area (Å²) in [5.41, 5.74) is 0. The van der Waals surface area contributed by atoms with Crippen molar-refractivity contribution in [1.29, 1.82) is 0 Å². The Hall–Kier alpha value is -0.790. The van der Waals surface area contributed by atoms with Crippen molar-refractivity contribution in [2.24, 2.45) is 5.92 Å². The Morgan fingerprint density at radius 2 is 2.54 bits per heavy atom. The molecule has 3 nitrogen and oxygen atoms in total. The number of nitrogens with zero attached hydrogens (tertiary/aromatic N) is 1. The van der Waals surface area contributed by atoms with Crippen molar-refractivity contribution in [3.05, 3.63) is 0 Å². The lowest BCUT2D eigenvalue weighted by Crippen LogP contribution is -2.38. The summed E-state index contributed by atoms with van der Waals surface area (Å²) in [6.45, 7) is 2.47. The quantitative estimate of drug-likeness (QED) is 0.476. The molecule has 72 valence electrons. The molecule has 0 aromatic carbocycles. The van der Waals surface area contributed by atoms with Crippen molar-refractivity contribution in [3.8, 4) is 12.3 Å². The smallest absolute Gasteiger partial charge is 0.169 e. The predicted molar refractivity (Wildman–Crippen MR) is 56.2 cm³/mol. The van der Waals surface area contributed by atoms with Gasteiger partial charge in [-0.2, -0.15) is 0 Å². The number of hydrogen-bond donors (Lipinski definition) is 2. The molecule has 0 aromatic heterocycles. The number of rotatable bonds is 2. The lowest BCUT2D eigenvalue weighted by atomic mass is 10.1. The zero-order chi connectivity index (χ0) is 9.68. The normalized spacial score (nSPS) is 21.2. The van der Waals surface area contributed by atoms with E-state index in [4.69, 9.17) is 23.7 Å². The van der Waals surface area contributed by atoms with Gasteiger partial charge in [0.2, 0.25) is 0 Å². The first-order chi connectivity index (χ1) is 6.27. The number of aliphatic hydroxyl groups is 1. The van der Waals surface area contributed by atoms with Crippen LogP contribution in [0, 0.1) is 18.3 Å². The summed E-state index contributed by atoms with van der Waals surface area (Å²) in [5, 5.41) is 12.6. The maximum absolute atomic E-state index is 8.92. The second-order valence-corrected chi connectivity index (χ2v) is 3.53. The molecule has 1 saturated heterocycles. The maximum atomic E-state index is 8.92. The van der Waals surface area contributed by atoms with E-state index in [1.807, 2.05) is 4.90 Å². The number of likely N-dealkylation sites (tertiary alicyclic amines) is 1. The second-order valence-electron chi connectivity index (χ2n) is 3.15. The molecule has 1 rings (SSSR count). The van der Waals surface area contributed by atoms with Crippen LogP contribution in [0.15, 0.2) is 0 Å². The van der Waals surface area contributed by atoms with Gasteiger partial charge in [-0.25, -0.2) is 0 Å². The molecule has 1 atom stereocenters. The van der Waals surface area contributed by atoms with Crippen LogP contribution in [0.1, 0.15) is 6.42 Å². The first-order valence-corrected chi connectivity index (χ1v) is 4.76. The molecule has 1 aliphatic heterocycles. The van der Waals surface area contributed by atoms with E-state index >= 15 is 0 Å². The van der Waals surface area contributed by atoms with Crippen LogP contribution in [0.3, 0.4) is 0 Å². The van der Waals surface area contributed by atoms with Crippen molar-refractivity contribution >= 4 is 17.3 Å². The Balaban J connectivity index is 2.30. The van der Waals surface area contributed by atoms with Crippen LogP contribution in [-0.4, -0.2) is 41.4 Å². The fourth-order valence-corrected chi connectivity index (χ4v) is 1.64. The minimum absolute atomic E-state index is 0.244. The van der Waals surface area contributed by atoms with E-state index < -0.39 is 0 Å². The van der Waals surface area contributed by atoms with Gasteiger partial charge >= 0.3 is 0 Å². The van der Waals surface area contributed by atoms with Crippen LogP contribution >= 0.6 is 12.2 Å². The van der Waals surface area contributed by atoms with Gasteiger partial charge in [0.05, 0.1) is 6.54 Å². The zero-order valence-electron chi connectivity index (χ0n) is 7.49. The van der Waals surface area contributed by atoms with Crippen molar-refractivity contribution in [3.63, 3.8) is 0 Å². The highest BCUT2D eigenvalue weighted by Gasteiger charge is 2.22. The van der Waals surface area contributed by atoms with Crippen LogP contribution < -0.4 is 5.32 Å². The molecule has 2 N–H and O–H groups in total. The molecule has 0 unspecified atom stereocenters. The highest BCUT2D eigenvalue weighted by atomic mass is 32.1. The van der Waals surface area contributed by atoms with Crippen LogP contribution in [0.5, 0.6) is 0 Å². The van der Waals surface area contributed by atoms with Crippen molar-refractivity contribution in [2.75, 3.05) is 26.2 Å². The lowest BCUT2D eigenvalue weighted by Gasteiger charge is -2.19. The third-order valence-corrected chi connectivity index (χ3v) is 2.58. The fraction of sp³-hybridized carbons (Fsp3) is 0.667. The fourth-order valence-electron chi connectivity index (χ4n) is 1.40. The number of hydrogen-bond acceptors (Lipinski definition) is 2. The van der Waals surface area contributed by atoms with Crippen LogP contribution in [0.2, 0.25) is 0 Å². The third-order valence-electron chi connectivity index (χ3n) is 2.17. The van der Waals surface area contributed by atoms with E-state index in [0.29, 0.717) is 17.6 Å². The minimum atomic E-state index is 0.244. The van der Waals surface area contributed by atoms with E-state index in [1.54, 1.807) is 0 Å². The van der Waals surface area contributed by atoms with E-state index in [-0.39, 0.29) is 6.61 Å². The van der Waals surface area contributed by atoms with E-state index in [0.717, 1.165) is 19.5 Å². The molecule has 4 heteroatoms. The number of nitrogens with one attached hydrogen (secondary N) is 1. The Kier molecular flexibility index (Phi) is 4.00. The lowest BCUT2D eigenvalue weighted by molar-refractivity contribution is 0.232. The summed E-state index contributed by atoms with van der Waals surface area (Å²) >= 11 is 5.12. The highest BCUT2D eigenvalue weighted by Crippen LogP contribution is 2.14. The summed E-state index contributed by atoms with van der Waals surface area (Å²) in [6.07, 6.45) is 6.11. The second kappa shape index (κ2) is 5.05. The summed E-state index contributed by atoms with van der Waals surface area (Å²) in [4.78, 5) is 2.05. The van der Waals surface area contributed by atoms with Gasteiger partial charge in [-0.15, -0.1) is 6.42 Å². The molecule has 0 amide bonds. The maximum Gasteiger partial charge on any atom is 0.169 e. The van der Waals surface area contributed by atoms with Crippen molar-refractivity contribution in [2.45, 2.75) is 6.42 Å². The van der Waals surface area contributed by atoms with Crippen LogP contribution in [-0.2, 0) is 0 Å². The monoisotopic (exact) mass is 198 g/mol. The summed E-state index contributed by atoms with van der Waals surface area (Å²) in [6, 6.07) is 0. The van der Waals surface area contributed by atoms with Gasteiger partial charge in [-0.1, -0.05) is 5.92 Å². The Morgan fingerprint density at radius 3 is 3.08 bits per heavy atom. The van der Waals surface area contributed by atoms with Crippen molar-refractivity contribution in [1.82, 2.24) is 10.2 Å². The predicted octanol–water partition coefficient (Wildman–Crippen LogP) is -0.192. The Morgan fingerprint density at radius 1 is 1.77 bits per heavy atom. The number of terminal acetylenes is 1. The van der Waals surface area contributed by atoms with E-state index in [2.05, 4.69) is 11.2 Å². The molecule has 0 aromatic rings. The molecule has 1 heterocycles. The Bertz CT molecular complexity index is 224. The van der Waals surface area contributed by atoms with Gasteiger partial charge in [0.25, 0.3) is 0 Å². The molecule has 0 spiro atoms. The Labute approximate surface area is 84.1 Å². The molecule has 0 aliphatic carbocycles. The highest BCUT2D eigenvalue weighted by molar-refractivity contribution is 7.80. The van der Waals surface area contributed by atoms with E-state index in [1.165, 1.54) is 0 Å². The molecule has 1 aliphatic rings. The minimum Gasteiger partial charge on any atom is -0.396 e. The van der Waals surface area contributed by atoms with Gasteiger partial charge in [0, 0.05) is 25.6 Å². The third kappa shape index (κ3) is 2.87. The number of thiocarbonyl (C=S) groups is 1. The standard InChI is InChI=1S/C9H14N2OS/c1-2-4-10-9(13)11-5-3-8(6-11)7-12/h1,8,12H,3-7H2,(H,10,13)/t8-/m1/s1. The molecular weight excluding hydrogens is 184 g/mol. The topological polar surface area (TPSA) is 35.5 Å². The summed E-state index contributed by atoms with van der Waals surface area (Å²) in [5.74, 6) is 2.84. The van der Waals surface area contributed by atoms with Gasteiger partial charge in [-0.3, -0.25) is 0 Å². The van der Waals surface area contributed by atoms with Gasteiger partial charge in [0.1, 0.15) is 0 Å². The van der Waals surface area contributed by atoms with Gasteiger partial charge in [-0.05, 0) is 18.6 Å². The van der Waals surface area contributed by atoms with Gasteiger partial charge < -0.3 is 15.3 Å². The molecule has 1 fully saturated rings. The van der Waals surface area contributed by atoms with E-state index in [9.17, 15) is 0 Å². The molecular formula is C9H14N2OS. The summed E-state index contributed by atoms with van der Waals surface area (Å²) < 4.78 is 0. The SMILES string of the molecule is C#CCNC(=S)N1CC[C@@H](CO)C1. The average molecular weight is 198 g/mol. The largest absolute Gasteiger partial charge is 0.396 e. The van der Waals surface area contributed by atoms with Crippen molar-refractivity contribution < 1.29 is 5.11 Å². The molecule has 0 bridgehead atoms. The number of aliphatic hydroxyl groups excluding tert-OH is 1. The average Bonchev–Trinajstić information content (AvgIpc) is 2.62. The van der Waals surface area contributed by atoms with Crippen LogP contribution in [0.25, 0.3) is 0 Å². The van der Waals surface area contributed by atoms with Gasteiger partial charge in [0.15, 0.2) is 5.11 Å². The zero-order valence-corrected chi connectivity index (χ0v) is 8.31. The molecule has 0 saturated carbocycles. The first-order valence-electron chi connectivity index (χ1n) is 4.35. The molecule has 0 radical (unpaired) electrons. The first kappa shape index (κ1) is 10.3. The molecule has 13 heavy (non-hydrogen) atoms. The summed E-state index contributed by atoms with van der Waals surface area (Å²) in [7, 11) is 0. The van der Waals surface area contributed by atoms with Crippen LogP contribution in [0.4, 0.5) is 0 Å².